The number of aromatic nitrogens is 2. The van der Waals surface area contributed by atoms with E-state index in [1.807, 2.05) is 0 Å². The molecule has 100 valence electrons. The molecule has 0 bridgehead atoms. The molecule has 0 fully saturated rings. The van der Waals surface area contributed by atoms with Gasteiger partial charge in [0.15, 0.2) is 0 Å². The lowest BCUT2D eigenvalue weighted by Gasteiger charge is -1.95. The van der Waals surface area contributed by atoms with Gasteiger partial charge in [0, 0.05) is 0 Å². The molecule has 0 unspecified atom stereocenters. The Morgan fingerprint density at radius 3 is 2.06 bits per heavy atom. The number of imidazole rings is 1. The Morgan fingerprint density at radius 1 is 1.00 bits per heavy atom. The van der Waals surface area contributed by atoms with Crippen molar-refractivity contribution >= 4 is 49.6 Å². The van der Waals surface area contributed by atoms with Gasteiger partial charge in [-0.25, -0.2) is 9.13 Å². The topological polar surface area (TPSA) is 8.81 Å². The molecular weight excluding hydrogens is 290 g/mol. The van der Waals surface area contributed by atoms with Crippen LogP contribution in [0.2, 0.25) is 0 Å². The SMILES string of the molecule is CCCCCC[n+]1ccn(C)c1.Cl.Cl.Cl.Cl. The highest BCUT2D eigenvalue weighted by Crippen LogP contribution is 1.97. The molecule has 0 amide bonds. The molecule has 1 aromatic heterocycles. The number of unbranched alkanes of at least 4 members (excludes halogenated alkanes) is 3. The number of halogens is 4. The van der Waals surface area contributed by atoms with Crippen molar-refractivity contribution in [2.75, 3.05) is 0 Å². The summed E-state index contributed by atoms with van der Waals surface area (Å²) in [6.07, 6.45) is 11.7. The first-order valence-electron chi connectivity index (χ1n) is 4.84. The highest BCUT2D eigenvalue weighted by molar-refractivity contribution is 5.86. The summed E-state index contributed by atoms with van der Waals surface area (Å²) in [5.74, 6) is 0. The fourth-order valence-electron chi connectivity index (χ4n) is 1.36. The summed E-state index contributed by atoms with van der Waals surface area (Å²) >= 11 is 0. The predicted molar refractivity (Wildman–Crippen MR) is 78.7 cm³/mol. The van der Waals surface area contributed by atoms with E-state index in [9.17, 15) is 0 Å². The van der Waals surface area contributed by atoms with Crippen molar-refractivity contribution in [3.63, 3.8) is 0 Å². The Balaban J connectivity index is -0.000000180. The van der Waals surface area contributed by atoms with E-state index < -0.39 is 0 Å². The van der Waals surface area contributed by atoms with Gasteiger partial charge in [-0.1, -0.05) is 19.8 Å². The van der Waals surface area contributed by atoms with Gasteiger partial charge >= 0.3 is 0 Å². The molecule has 0 radical (unpaired) electrons. The van der Waals surface area contributed by atoms with Gasteiger partial charge in [0.25, 0.3) is 0 Å². The van der Waals surface area contributed by atoms with E-state index in [1.54, 1.807) is 0 Å². The Bertz CT molecular complexity index is 228. The van der Waals surface area contributed by atoms with Crippen molar-refractivity contribution in [1.29, 1.82) is 0 Å². The molecule has 1 heterocycles. The van der Waals surface area contributed by atoms with Gasteiger partial charge in [0.1, 0.15) is 12.4 Å². The molecule has 16 heavy (non-hydrogen) atoms. The first-order valence-corrected chi connectivity index (χ1v) is 4.84. The fourth-order valence-corrected chi connectivity index (χ4v) is 1.36. The zero-order valence-electron chi connectivity index (χ0n) is 9.80. The normalized spacial score (nSPS) is 7.88. The molecule has 1 rings (SSSR count). The molecular formula is C10H23Cl4N2+. The van der Waals surface area contributed by atoms with E-state index >= 15 is 0 Å². The van der Waals surface area contributed by atoms with Crippen LogP contribution >= 0.6 is 49.6 Å². The average Bonchev–Trinajstić information content (AvgIpc) is 2.45. The number of rotatable bonds is 5. The third-order valence-electron chi connectivity index (χ3n) is 2.09. The Hall–Kier alpha value is 0.370. The van der Waals surface area contributed by atoms with E-state index in [0.717, 1.165) is 0 Å². The second-order valence-corrected chi connectivity index (χ2v) is 3.38. The van der Waals surface area contributed by atoms with Crippen LogP contribution in [-0.2, 0) is 13.6 Å². The van der Waals surface area contributed by atoms with Crippen LogP contribution in [0.4, 0.5) is 0 Å². The lowest BCUT2D eigenvalue weighted by atomic mass is 10.2. The first kappa shape index (κ1) is 25.3. The van der Waals surface area contributed by atoms with Gasteiger partial charge in [-0.05, 0) is 12.8 Å². The van der Waals surface area contributed by atoms with Crippen LogP contribution in [0, 0.1) is 0 Å². The van der Waals surface area contributed by atoms with E-state index in [4.69, 9.17) is 0 Å². The lowest BCUT2D eigenvalue weighted by molar-refractivity contribution is -0.696. The summed E-state index contributed by atoms with van der Waals surface area (Å²) < 4.78 is 4.33. The number of aryl methyl sites for hydroxylation is 2. The number of hydrogen-bond donors (Lipinski definition) is 0. The van der Waals surface area contributed by atoms with Crippen LogP contribution in [0.3, 0.4) is 0 Å². The average molecular weight is 313 g/mol. The summed E-state index contributed by atoms with van der Waals surface area (Å²) in [5.41, 5.74) is 0. The van der Waals surface area contributed by atoms with Gasteiger partial charge in [0.05, 0.1) is 13.6 Å². The van der Waals surface area contributed by atoms with Crippen molar-refractivity contribution < 1.29 is 4.57 Å². The molecule has 0 aliphatic rings. The minimum Gasteiger partial charge on any atom is -0.240 e. The molecule has 0 saturated carbocycles. The molecule has 2 nitrogen and oxygen atoms in total. The minimum atomic E-state index is 0. The maximum atomic E-state index is 2.25. The third kappa shape index (κ3) is 10.9. The van der Waals surface area contributed by atoms with Crippen molar-refractivity contribution in [1.82, 2.24) is 4.57 Å². The highest BCUT2D eigenvalue weighted by Gasteiger charge is 1.97. The second kappa shape index (κ2) is 15.4. The van der Waals surface area contributed by atoms with Crippen molar-refractivity contribution in [3.05, 3.63) is 18.7 Å². The van der Waals surface area contributed by atoms with Crippen LogP contribution in [-0.4, -0.2) is 4.57 Å². The monoisotopic (exact) mass is 311 g/mol. The number of hydrogen-bond acceptors (Lipinski definition) is 0. The predicted octanol–water partition coefficient (Wildman–Crippen LogP) is 3.58. The summed E-state index contributed by atoms with van der Waals surface area (Å²) in [4.78, 5) is 0. The van der Waals surface area contributed by atoms with Crippen LogP contribution in [0.15, 0.2) is 18.7 Å². The Kier molecular flexibility index (Phi) is 24.3. The maximum absolute atomic E-state index is 2.25. The van der Waals surface area contributed by atoms with Gasteiger partial charge in [-0.2, -0.15) is 0 Å². The Labute approximate surface area is 123 Å². The largest absolute Gasteiger partial charge is 0.243 e. The van der Waals surface area contributed by atoms with Crippen LogP contribution in [0.5, 0.6) is 0 Å². The maximum Gasteiger partial charge on any atom is 0.243 e. The van der Waals surface area contributed by atoms with Crippen molar-refractivity contribution in [2.45, 2.75) is 39.2 Å². The first-order chi connectivity index (χ1) is 5.83. The minimum absolute atomic E-state index is 0. The standard InChI is InChI=1S/C10H19N2.4ClH/c1-3-4-5-6-7-12-9-8-11(2)10-12;;;;/h8-10H,3-7H2,1-2H3;4*1H/q+1;;;;. The molecule has 0 aliphatic heterocycles. The summed E-state index contributed by atoms with van der Waals surface area (Å²) in [7, 11) is 2.06. The van der Waals surface area contributed by atoms with E-state index in [1.165, 1.54) is 32.2 Å². The van der Waals surface area contributed by atoms with Crippen LogP contribution in [0.1, 0.15) is 32.6 Å². The Morgan fingerprint density at radius 2 is 1.62 bits per heavy atom. The van der Waals surface area contributed by atoms with E-state index in [-0.39, 0.29) is 49.6 Å². The number of nitrogens with zero attached hydrogens (tertiary/aromatic N) is 2. The molecule has 0 saturated heterocycles. The second-order valence-electron chi connectivity index (χ2n) is 3.38. The van der Waals surface area contributed by atoms with Crippen LogP contribution in [0.25, 0.3) is 0 Å². The summed E-state index contributed by atoms with van der Waals surface area (Å²) in [6.45, 7) is 3.41. The zero-order chi connectivity index (χ0) is 8.81. The molecule has 0 atom stereocenters. The van der Waals surface area contributed by atoms with Crippen molar-refractivity contribution in [2.24, 2.45) is 7.05 Å². The zero-order valence-corrected chi connectivity index (χ0v) is 13.1. The van der Waals surface area contributed by atoms with Crippen LogP contribution < -0.4 is 4.57 Å². The third-order valence-corrected chi connectivity index (χ3v) is 2.09. The summed E-state index contributed by atoms with van der Waals surface area (Å²) in [6, 6.07) is 0. The van der Waals surface area contributed by atoms with Gasteiger partial charge in [-0.3, -0.25) is 0 Å². The quantitative estimate of drug-likeness (QED) is 0.580. The molecule has 0 N–H and O–H groups in total. The molecule has 0 aliphatic carbocycles. The molecule has 0 aromatic carbocycles. The fraction of sp³-hybridized carbons (Fsp3) is 0.700. The smallest absolute Gasteiger partial charge is 0.240 e. The highest BCUT2D eigenvalue weighted by atomic mass is 35.5. The van der Waals surface area contributed by atoms with E-state index in [2.05, 4.69) is 41.8 Å². The van der Waals surface area contributed by atoms with Crippen molar-refractivity contribution in [3.8, 4) is 0 Å². The van der Waals surface area contributed by atoms with Gasteiger partial charge < -0.3 is 0 Å². The van der Waals surface area contributed by atoms with Gasteiger partial charge in [-0.15, -0.1) is 49.6 Å². The van der Waals surface area contributed by atoms with E-state index in [0.29, 0.717) is 0 Å². The molecule has 1 aromatic rings. The summed E-state index contributed by atoms with van der Waals surface area (Å²) in [5, 5.41) is 0. The lowest BCUT2D eigenvalue weighted by Crippen LogP contribution is -2.30. The van der Waals surface area contributed by atoms with Gasteiger partial charge in [0.2, 0.25) is 6.33 Å². The molecule has 0 spiro atoms. The molecule has 6 heteroatoms.